The lowest BCUT2D eigenvalue weighted by molar-refractivity contribution is -0.135. The third-order valence-electron chi connectivity index (χ3n) is 4.34. The van der Waals surface area contributed by atoms with E-state index < -0.39 is 10.0 Å². The Kier molecular flexibility index (Phi) is 6.59. The molecule has 1 amide bonds. The van der Waals surface area contributed by atoms with E-state index in [2.05, 4.69) is 10.0 Å². The van der Waals surface area contributed by atoms with Gasteiger partial charge in [0.1, 0.15) is 0 Å². The van der Waals surface area contributed by atoms with Gasteiger partial charge in [0, 0.05) is 25.6 Å². The van der Waals surface area contributed by atoms with Crippen molar-refractivity contribution in [3.05, 3.63) is 29.8 Å². The van der Waals surface area contributed by atoms with Crippen LogP contribution in [0.3, 0.4) is 0 Å². The average molecular weight is 368 g/mol. The highest BCUT2D eigenvalue weighted by Crippen LogP contribution is 2.28. The van der Waals surface area contributed by atoms with E-state index in [0.717, 1.165) is 12.0 Å². The number of ether oxygens (including phenoxy) is 1. The maximum atomic E-state index is 12.2. The van der Waals surface area contributed by atoms with Crippen LogP contribution in [0, 0.1) is 12.8 Å². The topological polar surface area (TPSA) is 84.5 Å². The predicted octanol–water partition coefficient (Wildman–Crippen LogP) is 1.98. The van der Waals surface area contributed by atoms with Gasteiger partial charge in [-0.15, -0.1) is 0 Å². The smallest absolute Gasteiger partial charge is 0.240 e. The molecule has 1 heterocycles. The van der Waals surface area contributed by atoms with Gasteiger partial charge in [0.15, 0.2) is 0 Å². The summed E-state index contributed by atoms with van der Waals surface area (Å²) in [5, 5.41) is 2.89. The Labute approximate surface area is 150 Å². The molecule has 0 aliphatic carbocycles. The molecular formula is C18H28N2O4S. The van der Waals surface area contributed by atoms with Crippen LogP contribution < -0.4 is 10.0 Å². The zero-order chi connectivity index (χ0) is 18.5. The molecule has 0 bridgehead atoms. The van der Waals surface area contributed by atoms with Crippen LogP contribution >= 0.6 is 0 Å². The van der Waals surface area contributed by atoms with Crippen molar-refractivity contribution >= 4 is 15.9 Å². The van der Waals surface area contributed by atoms with E-state index in [1.807, 2.05) is 20.8 Å². The number of amides is 1. The summed E-state index contributed by atoms with van der Waals surface area (Å²) in [6, 6.07) is 6.72. The van der Waals surface area contributed by atoms with Crippen molar-refractivity contribution in [1.29, 1.82) is 0 Å². The van der Waals surface area contributed by atoms with Gasteiger partial charge in [0.05, 0.1) is 10.5 Å². The molecule has 7 heteroatoms. The van der Waals surface area contributed by atoms with E-state index in [9.17, 15) is 13.2 Å². The molecule has 2 N–H and O–H groups in total. The zero-order valence-electron chi connectivity index (χ0n) is 15.2. The predicted molar refractivity (Wildman–Crippen MR) is 96.7 cm³/mol. The molecular weight excluding hydrogens is 340 g/mol. The number of hydrogen-bond acceptors (Lipinski definition) is 4. The molecule has 0 radical (unpaired) electrons. The van der Waals surface area contributed by atoms with Crippen LogP contribution in [0.25, 0.3) is 0 Å². The molecule has 0 spiro atoms. The lowest BCUT2D eigenvalue weighted by Gasteiger charge is -2.34. The highest BCUT2D eigenvalue weighted by atomic mass is 32.2. The molecule has 1 atom stereocenters. The SMILES string of the molecule is Cc1ccc(S(=O)(=O)NCCCNC(=O)C2CCOC(C)(C)C2)cc1. The standard InChI is InChI=1S/C18H28N2O4S/c1-14-5-7-16(8-6-14)25(22,23)20-11-4-10-19-17(21)15-9-12-24-18(2,3)13-15/h5-8,15,20H,4,9-13H2,1-3H3,(H,19,21). The van der Waals surface area contributed by atoms with Gasteiger partial charge in [-0.2, -0.15) is 0 Å². The van der Waals surface area contributed by atoms with E-state index in [4.69, 9.17) is 4.74 Å². The molecule has 1 aromatic rings. The molecule has 1 unspecified atom stereocenters. The maximum Gasteiger partial charge on any atom is 0.240 e. The number of nitrogens with one attached hydrogen (secondary N) is 2. The van der Waals surface area contributed by atoms with Crippen molar-refractivity contribution in [2.45, 2.75) is 50.5 Å². The summed E-state index contributed by atoms with van der Waals surface area (Å²) in [5.74, 6) is -0.00855. The third kappa shape index (κ3) is 6.09. The fraction of sp³-hybridized carbons (Fsp3) is 0.611. The monoisotopic (exact) mass is 368 g/mol. The van der Waals surface area contributed by atoms with E-state index in [1.165, 1.54) is 0 Å². The van der Waals surface area contributed by atoms with Crippen LogP contribution in [0.1, 0.15) is 38.7 Å². The van der Waals surface area contributed by atoms with Crippen LogP contribution in [-0.4, -0.2) is 39.6 Å². The number of rotatable bonds is 7. The summed E-state index contributed by atoms with van der Waals surface area (Å²) in [7, 11) is -3.49. The number of aryl methyl sites for hydroxylation is 1. The van der Waals surface area contributed by atoms with Crippen molar-refractivity contribution in [3.8, 4) is 0 Å². The van der Waals surface area contributed by atoms with Gasteiger partial charge in [0.2, 0.25) is 15.9 Å². The van der Waals surface area contributed by atoms with Crippen molar-refractivity contribution < 1.29 is 17.9 Å². The minimum atomic E-state index is -3.49. The highest BCUT2D eigenvalue weighted by Gasteiger charge is 2.32. The maximum absolute atomic E-state index is 12.2. The summed E-state index contributed by atoms with van der Waals surface area (Å²) in [4.78, 5) is 12.5. The Morgan fingerprint density at radius 2 is 1.92 bits per heavy atom. The number of carbonyl (C=O) groups excluding carboxylic acids is 1. The second-order valence-corrected chi connectivity index (χ2v) is 8.92. The molecule has 0 saturated carbocycles. The average Bonchev–Trinajstić information content (AvgIpc) is 2.53. The zero-order valence-corrected chi connectivity index (χ0v) is 16.0. The number of sulfonamides is 1. The molecule has 2 rings (SSSR count). The van der Waals surface area contributed by atoms with Crippen LogP contribution in [0.15, 0.2) is 29.2 Å². The van der Waals surface area contributed by atoms with E-state index in [1.54, 1.807) is 24.3 Å². The van der Waals surface area contributed by atoms with Crippen molar-refractivity contribution in [1.82, 2.24) is 10.0 Å². The summed E-state index contributed by atoms with van der Waals surface area (Å²) in [6.45, 7) is 7.23. The first-order valence-corrected chi connectivity index (χ1v) is 10.2. The summed E-state index contributed by atoms with van der Waals surface area (Å²) >= 11 is 0. The number of hydrogen-bond donors (Lipinski definition) is 2. The Morgan fingerprint density at radius 1 is 1.24 bits per heavy atom. The van der Waals surface area contributed by atoms with Gasteiger partial charge in [-0.05, 0) is 52.2 Å². The van der Waals surface area contributed by atoms with Gasteiger partial charge < -0.3 is 10.1 Å². The van der Waals surface area contributed by atoms with Crippen molar-refractivity contribution in [2.75, 3.05) is 19.7 Å². The quantitative estimate of drug-likeness (QED) is 0.721. The van der Waals surface area contributed by atoms with Gasteiger partial charge in [-0.3, -0.25) is 4.79 Å². The van der Waals surface area contributed by atoms with Gasteiger partial charge in [0.25, 0.3) is 0 Å². The van der Waals surface area contributed by atoms with E-state index in [0.29, 0.717) is 26.0 Å². The largest absolute Gasteiger partial charge is 0.376 e. The first-order valence-electron chi connectivity index (χ1n) is 8.68. The molecule has 1 aliphatic rings. The fourth-order valence-electron chi connectivity index (χ4n) is 2.91. The second-order valence-electron chi connectivity index (χ2n) is 7.15. The van der Waals surface area contributed by atoms with Crippen LogP contribution in [0.2, 0.25) is 0 Å². The highest BCUT2D eigenvalue weighted by molar-refractivity contribution is 7.89. The van der Waals surface area contributed by atoms with Crippen molar-refractivity contribution in [2.24, 2.45) is 5.92 Å². The second kappa shape index (κ2) is 8.29. The van der Waals surface area contributed by atoms with Crippen LogP contribution in [0.4, 0.5) is 0 Å². The summed E-state index contributed by atoms with van der Waals surface area (Å²) < 4.78 is 32.5. The molecule has 1 saturated heterocycles. The van der Waals surface area contributed by atoms with E-state index >= 15 is 0 Å². The Balaban J connectivity index is 1.70. The van der Waals surface area contributed by atoms with Crippen LogP contribution in [-0.2, 0) is 19.6 Å². The normalized spacial score (nSPS) is 20.2. The Bertz CT molecular complexity index is 684. The van der Waals surface area contributed by atoms with Crippen molar-refractivity contribution in [3.63, 3.8) is 0 Å². The minimum absolute atomic E-state index is 0.0257. The minimum Gasteiger partial charge on any atom is -0.376 e. The molecule has 1 aliphatic heterocycles. The van der Waals surface area contributed by atoms with Gasteiger partial charge in [-0.25, -0.2) is 13.1 Å². The Morgan fingerprint density at radius 3 is 2.56 bits per heavy atom. The molecule has 0 aromatic heterocycles. The van der Waals surface area contributed by atoms with Crippen LogP contribution in [0.5, 0.6) is 0 Å². The molecule has 1 fully saturated rings. The Hall–Kier alpha value is -1.44. The fourth-order valence-corrected chi connectivity index (χ4v) is 3.98. The first kappa shape index (κ1) is 19.9. The number of carbonyl (C=O) groups is 1. The first-order chi connectivity index (χ1) is 11.7. The van der Waals surface area contributed by atoms with E-state index in [-0.39, 0.29) is 28.9 Å². The molecule has 6 nitrogen and oxygen atoms in total. The summed E-state index contributed by atoms with van der Waals surface area (Å²) in [5.41, 5.74) is 0.752. The lowest BCUT2D eigenvalue weighted by Crippen LogP contribution is -2.42. The third-order valence-corrected chi connectivity index (χ3v) is 5.82. The molecule has 1 aromatic carbocycles. The van der Waals surface area contributed by atoms with Gasteiger partial charge >= 0.3 is 0 Å². The lowest BCUT2D eigenvalue weighted by atomic mass is 9.88. The molecule has 140 valence electrons. The van der Waals surface area contributed by atoms with Gasteiger partial charge in [-0.1, -0.05) is 17.7 Å². The summed E-state index contributed by atoms with van der Waals surface area (Å²) in [6.07, 6.45) is 1.98. The number of benzene rings is 1. The molecule has 25 heavy (non-hydrogen) atoms.